The monoisotopic (exact) mass is 593 g/mol. The van der Waals surface area contributed by atoms with Crippen molar-refractivity contribution in [1.82, 2.24) is 5.32 Å². The van der Waals surface area contributed by atoms with Gasteiger partial charge >= 0.3 is 12.1 Å². The standard InChI is InChI=1S/C32H51NO7S/c1-30-11-9-23(40-29(37)33-13-5-3-4-6-15-41-16-14-34)18-22(30)7-8-25-26(30)19-27(35)31(2)24(10-12-32(25,31)38)21-17-28(36)39-20-21/h17,22-27,34-35,38H,3-16,18-20H2,1-2H3,(H,33,37)/t22?,23?,24-,25-,26+,27?,30+,31+,32?/m1/s1. The third-order valence-corrected chi connectivity index (χ3v) is 13.1. The molecule has 5 aliphatic rings. The van der Waals surface area contributed by atoms with Gasteiger partial charge in [-0.1, -0.05) is 26.7 Å². The number of hydrogen-bond acceptors (Lipinski definition) is 8. The van der Waals surface area contributed by atoms with Gasteiger partial charge in [0.15, 0.2) is 0 Å². The van der Waals surface area contributed by atoms with Crippen LogP contribution in [0.5, 0.6) is 0 Å². The van der Waals surface area contributed by atoms with Crippen LogP contribution in [0, 0.1) is 34.5 Å². The fourth-order valence-corrected chi connectivity index (χ4v) is 10.4. The Morgan fingerprint density at radius 3 is 2.63 bits per heavy atom. The fraction of sp³-hybridized carbons (Fsp3) is 0.875. The second-order valence-corrected chi connectivity index (χ2v) is 15.1. The van der Waals surface area contributed by atoms with Crippen molar-refractivity contribution in [1.29, 1.82) is 0 Å². The number of hydrogen-bond donors (Lipinski definition) is 4. The molecule has 0 aromatic heterocycles. The van der Waals surface area contributed by atoms with Crippen molar-refractivity contribution in [2.24, 2.45) is 34.5 Å². The summed E-state index contributed by atoms with van der Waals surface area (Å²) in [7, 11) is 0. The summed E-state index contributed by atoms with van der Waals surface area (Å²) in [5, 5.41) is 35.9. The van der Waals surface area contributed by atoms with Gasteiger partial charge in [0.2, 0.25) is 0 Å². The van der Waals surface area contributed by atoms with E-state index in [0.29, 0.717) is 25.3 Å². The van der Waals surface area contributed by atoms with E-state index in [1.807, 2.05) is 6.92 Å². The van der Waals surface area contributed by atoms with Gasteiger partial charge in [-0.05, 0) is 105 Å². The molecule has 41 heavy (non-hydrogen) atoms. The Morgan fingerprint density at radius 1 is 1.07 bits per heavy atom. The van der Waals surface area contributed by atoms with Crippen LogP contribution in [-0.2, 0) is 14.3 Å². The summed E-state index contributed by atoms with van der Waals surface area (Å²) in [5.41, 5.74) is -0.730. The molecule has 0 aromatic rings. The number of aliphatic hydroxyl groups excluding tert-OH is 2. The number of esters is 1. The van der Waals surface area contributed by atoms with E-state index in [-0.39, 0.29) is 54.5 Å². The number of nitrogens with one attached hydrogen (secondary N) is 1. The highest BCUT2D eigenvalue weighted by atomic mass is 32.2. The zero-order valence-electron chi connectivity index (χ0n) is 24.9. The molecule has 1 heterocycles. The fourth-order valence-electron chi connectivity index (χ4n) is 9.69. The minimum Gasteiger partial charge on any atom is -0.458 e. The van der Waals surface area contributed by atoms with Crippen molar-refractivity contribution >= 4 is 23.8 Å². The van der Waals surface area contributed by atoms with Crippen molar-refractivity contribution in [2.75, 3.05) is 31.3 Å². The Balaban J connectivity index is 1.13. The number of alkyl carbamates (subject to hydrolysis) is 1. The third kappa shape index (κ3) is 5.82. The van der Waals surface area contributed by atoms with E-state index in [9.17, 15) is 19.8 Å². The minimum absolute atomic E-state index is 0.00343. The molecule has 0 bridgehead atoms. The van der Waals surface area contributed by atoms with E-state index >= 15 is 0 Å². The number of carbonyl (C=O) groups is 2. The van der Waals surface area contributed by atoms with Crippen LogP contribution in [0.25, 0.3) is 0 Å². The van der Waals surface area contributed by atoms with E-state index in [2.05, 4.69) is 12.2 Å². The van der Waals surface area contributed by atoms with Crippen molar-refractivity contribution < 1.29 is 34.4 Å². The second-order valence-electron chi connectivity index (χ2n) is 13.8. The zero-order valence-corrected chi connectivity index (χ0v) is 25.8. The number of unbranched alkanes of at least 4 members (excludes halogenated alkanes) is 3. The number of amides is 1. The third-order valence-electron chi connectivity index (χ3n) is 12.0. The molecule has 1 amide bonds. The molecular weight excluding hydrogens is 542 g/mol. The molecule has 0 saturated heterocycles. The van der Waals surface area contributed by atoms with Crippen LogP contribution in [0.2, 0.25) is 0 Å². The van der Waals surface area contributed by atoms with Crippen molar-refractivity contribution in [3.05, 3.63) is 11.6 Å². The number of fused-ring (bicyclic) bond motifs is 5. The highest BCUT2D eigenvalue weighted by molar-refractivity contribution is 7.99. The summed E-state index contributed by atoms with van der Waals surface area (Å²) < 4.78 is 11.1. The maximum atomic E-state index is 12.5. The molecule has 9 heteroatoms. The van der Waals surface area contributed by atoms with Crippen molar-refractivity contribution in [2.45, 2.75) is 109 Å². The number of aliphatic hydroxyl groups is 3. The number of ether oxygens (including phenoxy) is 2. The Bertz CT molecular complexity index is 991. The molecule has 232 valence electrons. The van der Waals surface area contributed by atoms with Crippen LogP contribution >= 0.6 is 11.8 Å². The zero-order chi connectivity index (χ0) is 29.3. The first-order valence-electron chi connectivity index (χ1n) is 16.0. The molecule has 0 radical (unpaired) electrons. The maximum absolute atomic E-state index is 12.5. The molecule has 4 fully saturated rings. The van der Waals surface area contributed by atoms with E-state index in [1.165, 1.54) is 0 Å². The topological polar surface area (TPSA) is 125 Å². The van der Waals surface area contributed by atoms with Gasteiger partial charge in [0.1, 0.15) is 12.7 Å². The van der Waals surface area contributed by atoms with Gasteiger partial charge < -0.3 is 30.1 Å². The van der Waals surface area contributed by atoms with Crippen LogP contribution < -0.4 is 5.32 Å². The lowest BCUT2D eigenvalue weighted by molar-refractivity contribution is -0.244. The van der Waals surface area contributed by atoms with Crippen LogP contribution in [0.4, 0.5) is 4.79 Å². The summed E-state index contributed by atoms with van der Waals surface area (Å²) in [6.45, 7) is 5.55. The quantitative estimate of drug-likeness (QED) is 0.202. The molecule has 4 unspecified atom stereocenters. The number of thioether (sulfide) groups is 1. The van der Waals surface area contributed by atoms with E-state index in [0.717, 1.165) is 81.3 Å². The maximum Gasteiger partial charge on any atom is 0.407 e. The Kier molecular flexibility index (Phi) is 9.68. The molecule has 8 nitrogen and oxygen atoms in total. The molecule has 4 aliphatic carbocycles. The van der Waals surface area contributed by atoms with Crippen molar-refractivity contribution in [3.8, 4) is 0 Å². The number of cyclic esters (lactones) is 1. The summed E-state index contributed by atoms with van der Waals surface area (Å²) in [6.07, 6.45) is 11.4. The van der Waals surface area contributed by atoms with E-state index in [4.69, 9.17) is 14.6 Å². The SMILES string of the molecule is C[C@]12CCC(OC(=O)NCCCCCCSCCO)CC1CC[C@@H]1[C@@H]2CC(O)[C@]2(C)[C@@H](C3=CC(=O)OC3)CCC12O. The Morgan fingerprint density at radius 2 is 1.88 bits per heavy atom. The molecule has 5 rings (SSSR count). The smallest absolute Gasteiger partial charge is 0.407 e. The molecule has 4 N–H and O–H groups in total. The highest BCUT2D eigenvalue weighted by Crippen LogP contribution is 2.70. The van der Waals surface area contributed by atoms with E-state index < -0.39 is 17.1 Å². The van der Waals surface area contributed by atoms with Gasteiger partial charge in [-0.3, -0.25) is 0 Å². The first-order valence-corrected chi connectivity index (χ1v) is 17.2. The Hall–Kier alpha value is -1.29. The summed E-state index contributed by atoms with van der Waals surface area (Å²) in [6, 6.07) is 0. The summed E-state index contributed by atoms with van der Waals surface area (Å²) in [5.74, 6) is 2.27. The van der Waals surface area contributed by atoms with Gasteiger partial charge in [-0.25, -0.2) is 9.59 Å². The average molecular weight is 594 g/mol. The van der Waals surface area contributed by atoms with Crippen LogP contribution in [-0.4, -0.2) is 76.5 Å². The lowest BCUT2D eigenvalue weighted by atomic mass is 9.42. The molecule has 9 atom stereocenters. The molecule has 4 saturated carbocycles. The van der Waals surface area contributed by atoms with E-state index in [1.54, 1.807) is 17.8 Å². The normalized spacial score (nSPS) is 41.6. The average Bonchev–Trinajstić information content (AvgIpc) is 3.49. The Labute approximate surface area is 249 Å². The van der Waals surface area contributed by atoms with Gasteiger partial charge in [-0.15, -0.1) is 0 Å². The van der Waals surface area contributed by atoms with Crippen LogP contribution in [0.15, 0.2) is 11.6 Å². The number of carbonyl (C=O) groups excluding carboxylic acids is 2. The minimum atomic E-state index is -0.966. The summed E-state index contributed by atoms with van der Waals surface area (Å²) >= 11 is 1.78. The van der Waals surface area contributed by atoms with Gasteiger partial charge in [0.25, 0.3) is 0 Å². The molecule has 0 spiro atoms. The van der Waals surface area contributed by atoms with Gasteiger partial charge in [0.05, 0.1) is 18.3 Å². The lowest BCUT2D eigenvalue weighted by Gasteiger charge is -2.65. The molecule has 1 aliphatic heterocycles. The van der Waals surface area contributed by atoms with Crippen LogP contribution in [0.3, 0.4) is 0 Å². The van der Waals surface area contributed by atoms with Crippen molar-refractivity contribution in [3.63, 3.8) is 0 Å². The number of rotatable bonds is 11. The first kappa shape index (κ1) is 31.1. The highest BCUT2D eigenvalue weighted by Gasteiger charge is 2.70. The predicted molar refractivity (Wildman–Crippen MR) is 158 cm³/mol. The predicted octanol–water partition coefficient (Wildman–Crippen LogP) is 4.59. The van der Waals surface area contributed by atoms with Gasteiger partial charge in [-0.2, -0.15) is 11.8 Å². The molecular formula is C32H51NO7S. The summed E-state index contributed by atoms with van der Waals surface area (Å²) in [4.78, 5) is 24.3. The van der Waals surface area contributed by atoms with Gasteiger partial charge in [0, 0.05) is 23.8 Å². The van der Waals surface area contributed by atoms with Crippen LogP contribution in [0.1, 0.15) is 90.9 Å². The first-order chi connectivity index (χ1) is 19.6. The largest absolute Gasteiger partial charge is 0.458 e. The molecule has 0 aromatic carbocycles. The second kappa shape index (κ2) is 12.7. The lowest BCUT2D eigenvalue weighted by Crippen LogP contribution is -2.67.